The first-order chi connectivity index (χ1) is 11.5. The minimum atomic E-state index is -0.0952. The zero-order valence-electron chi connectivity index (χ0n) is 14.5. The maximum atomic E-state index is 5.89. The first-order valence-corrected chi connectivity index (χ1v) is 8.35. The first kappa shape index (κ1) is 16.7. The molecule has 1 aliphatic heterocycles. The van der Waals surface area contributed by atoms with E-state index in [1.807, 2.05) is 36.4 Å². The van der Waals surface area contributed by atoms with Crippen molar-refractivity contribution in [3.63, 3.8) is 0 Å². The van der Waals surface area contributed by atoms with Crippen molar-refractivity contribution in [2.24, 2.45) is 0 Å². The predicted octanol–water partition coefficient (Wildman–Crippen LogP) is 3.79. The molecule has 1 N–H and O–H groups in total. The van der Waals surface area contributed by atoms with Gasteiger partial charge in [-0.15, -0.1) is 0 Å². The molecular weight excluding hydrogens is 302 g/mol. The highest BCUT2D eigenvalue weighted by Gasteiger charge is 2.21. The molecule has 0 bridgehead atoms. The van der Waals surface area contributed by atoms with Gasteiger partial charge in [0, 0.05) is 12.1 Å². The van der Waals surface area contributed by atoms with Crippen LogP contribution in [0.15, 0.2) is 48.5 Å². The molecule has 0 aliphatic carbocycles. The molecule has 0 saturated carbocycles. The van der Waals surface area contributed by atoms with Gasteiger partial charge in [-0.05, 0) is 50.6 Å². The van der Waals surface area contributed by atoms with Crippen LogP contribution in [-0.2, 0) is 6.54 Å². The van der Waals surface area contributed by atoms with Gasteiger partial charge in [0.25, 0.3) is 0 Å². The number of nitrogens with one attached hydrogen (secondary N) is 1. The lowest BCUT2D eigenvalue weighted by Crippen LogP contribution is -2.35. The van der Waals surface area contributed by atoms with Crippen molar-refractivity contribution in [1.29, 1.82) is 0 Å². The Morgan fingerprint density at radius 1 is 1.04 bits per heavy atom. The van der Waals surface area contributed by atoms with Gasteiger partial charge >= 0.3 is 0 Å². The Bertz CT molecular complexity index is 661. The van der Waals surface area contributed by atoms with E-state index in [0.717, 1.165) is 23.8 Å². The molecule has 24 heavy (non-hydrogen) atoms. The quantitative estimate of drug-likeness (QED) is 0.907. The van der Waals surface area contributed by atoms with Crippen molar-refractivity contribution in [1.82, 2.24) is 5.32 Å². The molecule has 0 saturated heterocycles. The normalized spacial score (nSPS) is 16.7. The summed E-state index contributed by atoms with van der Waals surface area (Å²) in [4.78, 5) is 0. The van der Waals surface area contributed by atoms with E-state index >= 15 is 0 Å². The number of fused-ring (bicyclic) bond motifs is 1. The fourth-order valence-corrected chi connectivity index (χ4v) is 2.41. The van der Waals surface area contributed by atoms with Gasteiger partial charge in [0.1, 0.15) is 19.0 Å². The third-order valence-electron chi connectivity index (χ3n) is 3.75. The Hall–Kier alpha value is -2.20. The highest BCUT2D eigenvalue weighted by molar-refractivity contribution is 5.40. The van der Waals surface area contributed by atoms with Gasteiger partial charge in [0.15, 0.2) is 17.6 Å². The highest BCUT2D eigenvalue weighted by Crippen LogP contribution is 2.31. The molecule has 128 valence electrons. The number of ether oxygens (including phenoxy) is 3. The van der Waals surface area contributed by atoms with E-state index < -0.39 is 0 Å². The van der Waals surface area contributed by atoms with Gasteiger partial charge in [-0.3, -0.25) is 0 Å². The topological polar surface area (TPSA) is 39.7 Å². The maximum absolute atomic E-state index is 5.89. The molecule has 1 atom stereocenters. The molecule has 1 aliphatic rings. The van der Waals surface area contributed by atoms with Crippen LogP contribution in [-0.4, -0.2) is 24.9 Å². The second-order valence-electron chi connectivity index (χ2n) is 7.06. The number of hydrogen-bond acceptors (Lipinski definition) is 4. The standard InChI is InChI=1S/C20H25NO3/c1-20(2,3)21-12-15-8-10-16(11-9-15)22-13-17-14-23-18-6-4-5-7-19(18)24-17/h4-11,17,21H,12-14H2,1-3H3/t17-/m1/s1. The number of para-hydroxylation sites is 2. The molecule has 0 spiro atoms. The molecule has 0 amide bonds. The molecule has 0 unspecified atom stereocenters. The van der Waals surface area contributed by atoms with Gasteiger partial charge in [-0.2, -0.15) is 0 Å². The summed E-state index contributed by atoms with van der Waals surface area (Å²) >= 11 is 0. The Morgan fingerprint density at radius 3 is 2.46 bits per heavy atom. The fourth-order valence-electron chi connectivity index (χ4n) is 2.41. The van der Waals surface area contributed by atoms with Crippen molar-refractivity contribution in [3.8, 4) is 17.2 Å². The third kappa shape index (κ3) is 4.65. The van der Waals surface area contributed by atoms with Crippen molar-refractivity contribution in [2.75, 3.05) is 13.2 Å². The minimum Gasteiger partial charge on any atom is -0.490 e. The van der Waals surface area contributed by atoms with E-state index in [1.54, 1.807) is 0 Å². The zero-order valence-corrected chi connectivity index (χ0v) is 14.5. The van der Waals surface area contributed by atoms with Gasteiger partial charge in [-0.1, -0.05) is 24.3 Å². The van der Waals surface area contributed by atoms with Crippen LogP contribution >= 0.6 is 0 Å². The second-order valence-corrected chi connectivity index (χ2v) is 7.06. The van der Waals surface area contributed by atoms with Gasteiger partial charge in [0.05, 0.1) is 0 Å². The Kier molecular flexibility index (Phi) is 4.95. The average Bonchev–Trinajstić information content (AvgIpc) is 2.58. The molecule has 4 nitrogen and oxygen atoms in total. The van der Waals surface area contributed by atoms with Crippen LogP contribution in [0, 0.1) is 0 Å². The monoisotopic (exact) mass is 327 g/mol. The van der Waals surface area contributed by atoms with E-state index in [4.69, 9.17) is 14.2 Å². The van der Waals surface area contributed by atoms with Crippen LogP contribution in [0.3, 0.4) is 0 Å². The Morgan fingerprint density at radius 2 is 1.75 bits per heavy atom. The Balaban J connectivity index is 1.49. The number of rotatable bonds is 5. The van der Waals surface area contributed by atoms with Crippen LogP contribution in [0.25, 0.3) is 0 Å². The average molecular weight is 327 g/mol. The first-order valence-electron chi connectivity index (χ1n) is 8.35. The molecule has 3 rings (SSSR count). The molecule has 2 aromatic rings. The summed E-state index contributed by atoms with van der Waals surface area (Å²) in [5.74, 6) is 2.42. The highest BCUT2D eigenvalue weighted by atomic mass is 16.6. The summed E-state index contributed by atoms with van der Waals surface area (Å²) < 4.78 is 17.4. The van der Waals surface area contributed by atoms with Gasteiger partial charge < -0.3 is 19.5 Å². The van der Waals surface area contributed by atoms with Crippen molar-refractivity contribution in [3.05, 3.63) is 54.1 Å². The molecule has 1 heterocycles. The zero-order chi connectivity index (χ0) is 17.0. The van der Waals surface area contributed by atoms with E-state index in [9.17, 15) is 0 Å². The predicted molar refractivity (Wildman–Crippen MR) is 94.9 cm³/mol. The lowest BCUT2D eigenvalue weighted by Gasteiger charge is -2.26. The van der Waals surface area contributed by atoms with Crippen molar-refractivity contribution in [2.45, 2.75) is 39.0 Å². The summed E-state index contributed by atoms with van der Waals surface area (Å²) in [6.45, 7) is 8.30. The molecule has 0 aromatic heterocycles. The second kappa shape index (κ2) is 7.14. The molecule has 4 heteroatoms. The van der Waals surface area contributed by atoms with Crippen molar-refractivity contribution >= 4 is 0 Å². The van der Waals surface area contributed by atoms with Gasteiger partial charge in [-0.25, -0.2) is 0 Å². The van der Waals surface area contributed by atoms with E-state index in [0.29, 0.717) is 13.2 Å². The lowest BCUT2D eigenvalue weighted by atomic mass is 10.1. The summed E-state index contributed by atoms with van der Waals surface area (Å²) in [7, 11) is 0. The van der Waals surface area contributed by atoms with Crippen LogP contribution in [0.2, 0.25) is 0 Å². The van der Waals surface area contributed by atoms with Crippen LogP contribution < -0.4 is 19.5 Å². The van der Waals surface area contributed by atoms with E-state index in [1.165, 1.54) is 5.56 Å². The SMILES string of the molecule is CC(C)(C)NCc1ccc(OC[C@@H]2COc3ccccc3O2)cc1. The minimum absolute atomic E-state index is 0.0952. The van der Waals surface area contributed by atoms with Crippen LogP contribution in [0.1, 0.15) is 26.3 Å². The van der Waals surface area contributed by atoms with Crippen LogP contribution in [0.4, 0.5) is 0 Å². The van der Waals surface area contributed by atoms with E-state index in [2.05, 4.69) is 38.2 Å². The summed E-state index contributed by atoms with van der Waals surface area (Å²) in [6, 6.07) is 15.9. The van der Waals surface area contributed by atoms with E-state index in [-0.39, 0.29) is 11.6 Å². The summed E-state index contributed by atoms with van der Waals surface area (Å²) in [5, 5.41) is 3.47. The largest absolute Gasteiger partial charge is 0.490 e. The third-order valence-corrected chi connectivity index (χ3v) is 3.75. The van der Waals surface area contributed by atoms with Crippen LogP contribution in [0.5, 0.6) is 17.2 Å². The molecular formula is C20H25NO3. The lowest BCUT2D eigenvalue weighted by molar-refractivity contribution is 0.0535. The maximum Gasteiger partial charge on any atom is 0.166 e. The summed E-state index contributed by atoms with van der Waals surface area (Å²) in [6.07, 6.45) is -0.0952. The molecule has 0 fully saturated rings. The fraction of sp³-hybridized carbons (Fsp3) is 0.400. The molecule has 0 radical (unpaired) electrons. The number of benzene rings is 2. The van der Waals surface area contributed by atoms with Crippen molar-refractivity contribution < 1.29 is 14.2 Å². The Labute approximate surface area is 143 Å². The number of hydrogen-bond donors (Lipinski definition) is 1. The summed E-state index contributed by atoms with van der Waals surface area (Å²) in [5.41, 5.74) is 1.35. The molecule has 2 aromatic carbocycles. The smallest absolute Gasteiger partial charge is 0.166 e. The van der Waals surface area contributed by atoms with Gasteiger partial charge in [0.2, 0.25) is 0 Å².